The van der Waals surface area contributed by atoms with E-state index in [1.807, 2.05) is 32.3 Å². The number of nitrogens with zero attached hydrogens (tertiary/aromatic N) is 6. The van der Waals surface area contributed by atoms with Crippen molar-refractivity contribution >= 4 is 22.8 Å². The molecule has 0 saturated carbocycles. The van der Waals surface area contributed by atoms with Gasteiger partial charge in [-0.05, 0) is 45.4 Å². The molecule has 8 nitrogen and oxygen atoms in total. The predicted molar refractivity (Wildman–Crippen MR) is 110 cm³/mol. The van der Waals surface area contributed by atoms with E-state index in [0.29, 0.717) is 22.7 Å². The molecule has 2 aromatic heterocycles. The van der Waals surface area contributed by atoms with Crippen LogP contribution in [0.15, 0.2) is 39.0 Å². The molecule has 0 radical (unpaired) electrons. The highest BCUT2D eigenvalue weighted by Gasteiger charge is 2.31. The Morgan fingerprint density at radius 2 is 1.83 bits per heavy atom. The number of aromatic nitrogens is 4. The van der Waals surface area contributed by atoms with Gasteiger partial charge in [-0.2, -0.15) is 10.1 Å². The molecule has 0 amide bonds. The van der Waals surface area contributed by atoms with Crippen LogP contribution in [0.4, 0.5) is 10.3 Å². The number of imidazole rings is 1. The van der Waals surface area contributed by atoms with Crippen molar-refractivity contribution < 1.29 is 4.39 Å². The molecule has 0 fully saturated rings. The van der Waals surface area contributed by atoms with E-state index < -0.39 is 11.2 Å². The van der Waals surface area contributed by atoms with E-state index in [0.717, 1.165) is 10.3 Å². The third kappa shape index (κ3) is 2.88. The van der Waals surface area contributed by atoms with E-state index in [4.69, 9.17) is 0 Å². The van der Waals surface area contributed by atoms with Crippen LogP contribution < -0.4 is 16.3 Å². The van der Waals surface area contributed by atoms with Crippen molar-refractivity contribution in [3.8, 4) is 0 Å². The Labute approximate surface area is 166 Å². The van der Waals surface area contributed by atoms with Gasteiger partial charge < -0.3 is 0 Å². The lowest BCUT2D eigenvalue weighted by Crippen LogP contribution is -2.41. The first kappa shape index (κ1) is 19.1. The minimum absolute atomic E-state index is 0.0338. The molecule has 3 heterocycles. The van der Waals surface area contributed by atoms with Crippen molar-refractivity contribution in [3.05, 3.63) is 56.5 Å². The van der Waals surface area contributed by atoms with Crippen LogP contribution in [0, 0.1) is 5.82 Å². The smallest absolute Gasteiger partial charge is 0.294 e. The van der Waals surface area contributed by atoms with Crippen molar-refractivity contribution in [2.45, 2.75) is 46.3 Å². The molecule has 0 N–H and O–H groups in total. The summed E-state index contributed by atoms with van der Waals surface area (Å²) in [7, 11) is 1.60. The van der Waals surface area contributed by atoms with E-state index in [-0.39, 0.29) is 24.4 Å². The van der Waals surface area contributed by atoms with Gasteiger partial charge in [-0.25, -0.2) is 14.2 Å². The monoisotopic (exact) mass is 398 g/mol. The maximum atomic E-state index is 13.4. The fourth-order valence-corrected chi connectivity index (χ4v) is 3.60. The van der Waals surface area contributed by atoms with Gasteiger partial charge in [0.15, 0.2) is 11.2 Å². The molecule has 3 aromatic rings. The number of rotatable bonds is 3. The van der Waals surface area contributed by atoms with Crippen LogP contribution in [0.25, 0.3) is 11.2 Å². The average Bonchev–Trinajstić information content (AvgIpc) is 3.08. The van der Waals surface area contributed by atoms with Gasteiger partial charge in [0.2, 0.25) is 5.95 Å². The topological polar surface area (TPSA) is 77.4 Å². The summed E-state index contributed by atoms with van der Waals surface area (Å²) in [6.45, 7) is 7.89. The zero-order valence-corrected chi connectivity index (χ0v) is 17.0. The largest absolute Gasteiger partial charge is 0.332 e. The molecule has 0 saturated heterocycles. The number of fused-ring (bicyclic) bond motifs is 3. The lowest BCUT2D eigenvalue weighted by atomic mass is 10.2. The first-order chi connectivity index (χ1) is 13.7. The summed E-state index contributed by atoms with van der Waals surface area (Å²) >= 11 is 0. The van der Waals surface area contributed by atoms with Gasteiger partial charge >= 0.3 is 5.69 Å². The summed E-state index contributed by atoms with van der Waals surface area (Å²) in [5.74, 6) is 0.173. The van der Waals surface area contributed by atoms with E-state index >= 15 is 0 Å². The molecule has 29 heavy (non-hydrogen) atoms. The summed E-state index contributed by atoms with van der Waals surface area (Å²) in [6.07, 6.45) is 0. The number of aryl methyl sites for hydroxylation is 1. The number of hydrogen-bond donors (Lipinski definition) is 0. The van der Waals surface area contributed by atoms with E-state index in [1.54, 1.807) is 24.2 Å². The molecule has 4 rings (SSSR count). The Hall–Kier alpha value is -3.23. The highest BCUT2D eigenvalue weighted by atomic mass is 19.1. The molecule has 0 unspecified atom stereocenters. The maximum Gasteiger partial charge on any atom is 0.332 e. The van der Waals surface area contributed by atoms with E-state index in [2.05, 4.69) is 10.1 Å². The third-order valence-electron chi connectivity index (χ3n) is 5.36. The zero-order valence-electron chi connectivity index (χ0n) is 17.0. The maximum absolute atomic E-state index is 13.4. The SMILES string of the molecule is CC1=NN(C(C)C)c2nc3c(c(=O)n(Cc4ccc(F)cc4)c(=O)n3C)n2[C@H]1C. The Balaban J connectivity index is 1.99. The van der Waals surface area contributed by atoms with Gasteiger partial charge in [0, 0.05) is 7.05 Å². The highest BCUT2D eigenvalue weighted by molar-refractivity contribution is 5.91. The Kier molecular flexibility index (Phi) is 4.40. The normalized spacial score (nSPS) is 16.4. The average molecular weight is 398 g/mol. The minimum Gasteiger partial charge on any atom is -0.294 e. The van der Waals surface area contributed by atoms with Gasteiger partial charge in [-0.1, -0.05) is 12.1 Å². The highest BCUT2D eigenvalue weighted by Crippen LogP contribution is 2.30. The van der Waals surface area contributed by atoms with Crippen LogP contribution in [0.2, 0.25) is 0 Å². The number of hydrogen-bond acceptors (Lipinski definition) is 5. The number of anilines is 1. The fraction of sp³-hybridized carbons (Fsp3) is 0.400. The summed E-state index contributed by atoms with van der Waals surface area (Å²) in [5, 5.41) is 6.38. The second-order valence-corrected chi connectivity index (χ2v) is 7.67. The standard InChI is InChI=1S/C20H23FN6O2/c1-11(2)27-19-22-17-16(26(19)13(4)12(3)23-27)18(28)25(20(29)24(17)5)10-14-6-8-15(21)9-7-14/h6-9,11,13H,10H2,1-5H3/t13-/m0/s1. The van der Waals surface area contributed by atoms with Gasteiger partial charge in [-0.15, -0.1) is 0 Å². The summed E-state index contributed by atoms with van der Waals surface area (Å²) in [6, 6.07) is 5.62. The lowest BCUT2D eigenvalue weighted by molar-refractivity contribution is 0.596. The first-order valence-electron chi connectivity index (χ1n) is 9.51. The van der Waals surface area contributed by atoms with Crippen molar-refractivity contribution in [2.24, 2.45) is 12.1 Å². The fourth-order valence-electron chi connectivity index (χ4n) is 3.60. The zero-order chi connectivity index (χ0) is 21.0. The van der Waals surface area contributed by atoms with Gasteiger partial charge in [0.05, 0.1) is 24.3 Å². The molecule has 1 atom stereocenters. The quantitative estimate of drug-likeness (QED) is 0.678. The number of hydrazone groups is 1. The molecular weight excluding hydrogens is 375 g/mol. The van der Waals surface area contributed by atoms with E-state index in [1.165, 1.54) is 16.7 Å². The third-order valence-corrected chi connectivity index (χ3v) is 5.36. The summed E-state index contributed by atoms with van der Waals surface area (Å²) in [5.41, 5.74) is 1.31. The number of benzene rings is 1. The molecule has 1 aromatic carbocycles. The van der Waals surface area contributed by atoms with Crippen LogP contribution in [0.1, 0.15) is 39.3 Å². The van der Waals surface area contributed by atoms with E-state index in [9.17, 15) is 14.0 Å². The Morgan fingerprint density at radius 1 is 1.17 bits per heavy atom. The van der Waals surface area contributed by atoms with Crippen molar-refractivity contribution in [1.29, 1.82) is 0 Å². The van der Waals surface area contributed by atoms with Gasteiger partial charge in [0.25, 0.3) is 5.56 Å². The second kappa shape index (κ2) is 6.68. The second-order valence-electron chi connectivity index (χ2n) is 7.67. The predicted octanol–water partition coefficient (Wildman–Crippen LogP) is 2.25. The minimum atomic E-state index is -0.469. The molecular formula is C20H23FN6O2. The van der Waals surface area contributed by atoms with Crippen LogP contribution in [-0.4, -0.2) is 30.4 Å². The van der Waals surface area contributed by atoms with Crippen molar-refractivity contribution in [2.75, 3.05) is 5.01 Å². The molecule has 152 valence electrons. The number of halogens is 1. The molecule has 9 heteroatoms. The molecule has 0 spiro atoms. The van der Waals surface area contributed by atoms with Crippen LogP contribution >= 0.6 is 0 Å². The summed E-state index contributed by atoms with van der Waals surface area (Å²) in [4.78, 5) is 30.9. The first-order valence-corrected chi connectivity index (χ1v) is 9.51. The van der Waals surface area contributed by atoms with Crippen LogP contribution in [0.5, 0.6) is 0 Å². The summed E-state index contributed by atoms with van der Waals surface area (Å²) < 4.78 is 17.6. The molecule has 1 aliphatic heterocycles. The van der Waals surface area contributed by atoms with Crippen molar-refractivity contribution in [1.82, 2.24) is 18.7 Å². The van der Waals surface area contributed by atoms with Crippen molar-refractivity contribution in [3.63, 3.8) is 0 Å². The Bertz CT molecular complexity index is 1250. The lowest BCUT2D eigenvalue weighted by Gasteiger charge is -2.31. The Morgan fingerprint density at radius 3 is 2.45 bits per heavy atom. The van der Waals surface area contributed by atoms with Crippen LogP contribution in [-0.2, 0) is 13.6 Å². The molecule has 1 aliphatic rings. The molecule has 0 bridgehead atoms. The molecule has 0 aliphatic carbocycles. The van der Waals surface area contributed by atoms with Gasteiger partial charge in [-0.3, -0.25) is 18.5 Å². The van der Waals surface area contributed by atoms with Gasteiger partial charge in [0.1, 0.15) is 5.82 Å². The van der Waals surface area contributed by atoms with Crippen LogP contribution in [0.3, 0.4) is 0 Å².